The molecule has 2 saturated carbocycles. The van der Waals surface area contributed by atoms with E-state index in [9.17, 15) is 0 Å². The monoisotopic (exact) mass is 447 g/mol. The zero-order valence-electron chi connectivity index (χ0n) is 14.7. The summed E-state index contributed by atoms with van der Waals surface area (Å²) in [5.74, 6) is 3.66. The Bertz CT molecular complexity index is 506. The molecular formula is C18H30IN3O2. The molecule has 0 saturated heterocycles. The van der Waals surface area contributed by atoms with Crippen molar-refractivity contribution in [1.29, 1.82) is 0 Å². The van der Waals surface area contributed by atoms with E-state index in [-0.39, 0.29) is 30.0 Å². The van der Waals surface area contributed by atoms with E-state index in [4.69, 9.17) is 14.1 Å². The predicted molar refractivity (Wildman–Crippen MR) is 107 cm³/mol. The fourth-order valence-corrected chi connectivity index (χ4v) is 3.99. The second-order valence-electron chi connectivity index (χ2n) is 6.99. The Morgan fingerprint density at radius 2 is 2.29 bits per heavy atom. The first-order valence-electron chi connectivity index (χ1n) is 8.83. The predicted octanol–water partition coefficient (Wildman–Crippen LogP) is 3.20. The molecule has 0 spiro atoms. The van der Waals surface area contributed by atoms with Crippen molar-refractivity contribution in [2.24, 2.45) is 16.8 Å². The van der Waals surface area contributed by atoms with E-state index in [0.717, 1.165) is 36.5 Å². The maximum Gasteiger partial charge on any atom is 0.191 e. The number of nitrogens with zero attached hydrogens (tertiary/aromatic N) is 1. The van der Waals surface area contributed by atoms with Gasteiger partial charge in [0.25, 0.3) is 0 Å². The SMILES string of the molecule is COCC(C)NC(=NCCc1ccco1)NC1CC2CCC1C2.I. The standard InChI is InChI=1S/C18H29N3O2.HI/c1-13(12-22-2)20-18(19-8-7-16-4-3-9-23-16)21-17-11-14-5-6-15(17)10-14;/h3-4,9,13-15,17H,5-8,10-12H2,1-2H3,(H2,19,20,21);1H. The van der Waals surface area contributed by atoms with Crippen LogP contribution in [0.15, 0.2) is 27.8 Å². The van der Waals surface area contributed by atoms with Crippen LogP contribution in [0.25, 0.3) is 0 Å². The topological polar surface area (TPSA) is 58.8 Å². The molecule has 3 rings (SSSR count). The third-order valence-corrected chi connectivity index (χ3v) is 5.07. The highest BCUT2D eigenvalue weighted by atomic mass is 127. The summed E-state index contributed by atoms with van der Waals surface area (Å²) in [5.41, 5.74) is 0. The first-order valence-corrected chi connectivity index (χ1v) is 8.83. The molecule has 2 bridgehead atoms. The summed E-state index contributed by atoms with van der Waals surface area (Å²) >= 11 is 0. The van der Waals surface area contributed by atoms with Crippen LogP contribution in [-0.4, -0.2) is 38.3 Å². The van der Waals surface area contributed by atoms with E-state index in [1.165, 1.54) is 25.7 Å². The maximum atomic E-state index is 5.38. The molecule has 2 N–H and O–H groups in total. The highest BCUT2D eigenvalue weighted by Gasteiger charge is 2.39. The molecule has 2 fully saturated rings. The molecule has 0 aliphatic heterocycles. The van der Waals surface area contributed by atoms with Gasteiger partial charge in [0.2, 0.25) is 0 Å². The van der Waals surface area contributed by atoms with E-state index in [2.05, 4.69) is 17.6 Å². The van der Waals surface area contributed by atoms with Gasteiger partial charge in [0.15, 0.2) is 5.96 Å². The minimum Gasteiger partial charge on any atom is -0.469 e. The average Bonchev–Trinajstić information content (AvgIpc) is 3.24. The number of fused-ring (bicyclic) bond motifs is 2. The van der Waals surface area contributed by atoms with Gasteiger partial charge in [-0.05, 0) is 50.2 Å². The van der Waals surface area contributed by atoms with Crippen LogP contribution in [0.4, 0.5) is 0 Å². The number of hydrogen-bond donors (Lipinski definition) is 2. The van der Waals surface area contributed by atoms with Gasteiger partial charge in [-0.3, -0.25) is 4.99 Å². The Hall–Kier alpha value is -0.760. The summed E-state index contributed by atoms with van der Waals surface area (Å²) in [7, 11) is 1.73. The van der Waals surface area contributed by atoms with Gasteiger partial charge in [-0.15, -0.1) is 24.0 Å². The Balaban J connectivity index is 0.00000208. The zero-order chi connectivity index (χ0) is 16.1. The van der Waals surface area contributed by atoms with Gasteiger partial charge in [0.05, 0.1) is 12.9 Å². The summed E-state index contributed by atoms with van der Waals surface area (Å²) in [6.07, 6.45) is 8.02. The minimum atomic E-state index is 0. The number of halogens is 1. The van der Waals surface area contributed by atoms with Crippen molar-refractivity contribution >= 4 is 29.9 Å². The summed E-state index contributed by atoms with van der Waals surface area (Å²) in [4.78, 5) is 4.75. The van der Waals surface area contributed by atoms with Gasteiger partial charge >= 0.3 is 0 Å². The first-order chi connectivity index (χ1) is 11.2. The summed E-state index contributed by atoms with van der Waals surface area (Å²) in [6.45, 7) is 3.52. The third kappa shape index (κ3) is 5.37. The van der Waals surface area contributed by atoms with E-state index in [1.54, 1.807) is 13.4 Å². The lowest BCUT2D eigenvalue weighted by atomic mass is 9.95. The smallest absolute Gasteiger partial charge is 0.191 e. The first kappa shape index (κ1) is 19.6. The fourth-order valence-electron chi connectivity index (χ4n) is 3.99. The zero-order valence-corrected chi connectivity index (χ0v) is 17.0. The van der Waals surface area contributed by atoms with Gasteiger partial charge < -0.3 is 19.8 Å². The average molecular weight is 447 g/mol. The number of ether oxygens (including phenoxy) is 1. The molecule has 0 aromatic carbocycles. The molecule has 2 aliphatic rings. The third-order valence-electron chi connectivity index (χ3n) is 5.07. The van der Waals surface area contributed by atoms with Gasteiger partial charge in [0.1, 0.15) is 5.76 Å². The molecule has 1 heterocycles. The van der Waals surface area contributed by atoms with E-state index in [0.29, 0.717) is 12.6 Å². The molecule has 4 atom stereocenters. The number of hydrogen-bond acceptors (Lipinski definition) is 3. The van der Waals surface area contributed by atoms with Crippen molar-refractivity contribution in [1.82, 2.24) is 10.6 Å². The number of methoxy groups -OCH3 is 1. The highest BCUT2D eigenvalue weighted by Crippen LogP contribution is 2.44. The minimum absolute atomic E-state index is 0. The van der Waals surface area contributed by atoms with E-state index in [1.807, 2.05) is 12.1 Å². The lowest BCUT2D eigenvalue weighted by Gasteiger charge is -2.26. The molecule has 24 heavy (non-hydrogen) atoms. The quantitative estimate of drug-likeness (QED) is 0.383. The van der Waals surface area contributed by atoms with Crippen LogP contribution >= 0.6 is 24.0 Å². The van der Waals surface area contributed by atoms with Crippen molar-refractivity contribution < 1.29 is 9.15 Å². The Labute approximate surface area is 162 Å². The number of aliphatic imine (C=N–C) groups is 1. The molecule has 2 aliphatic carbocycles. The molecule has 1 aromatic heterocycles. The van der Waals surface area contributed by atoms with Crippen molar-refractivity contribution in [3.8, 4) is 0 Å². The Kier molecular flexibility index (Phi) is 7.87. The number of furan rings is 1. The largest absolute Gasteiger partial charge is 0.469 e. The fraction of sp³-hybridized carbons (Fsp3) is 0.722. The lowest BCUT2D eigenvalue weighted by molar-refractivity contribution is 0.178. The molecule has 1 aromatic rings. The van der Waals surface area contributed by atoms with Crippen LogP contribution < -0.4 is 10.6 Å². The molecule has 5 nitrogen and oxygen atoms in total. The van der Waals surface area contributed by atoms with Gasteiger partial charge in [-0.2, -0.15) is 0 Å². The Morgan fingerprint density at radius 1 is 1.42 bits per heavy atom. The molecular weight excluding hydrogens is 417 g/mol. The van der Waals surface area contributed by atoms with Crippen molar-refractivity contribution in [3.63, 3.8) is 0 Å². The number of nitrogens with one attached hydrogen (secondary N) is 2. The van der Waals surface area contributed by atoms with Gasteiger partial charge in [-0.25, -0.2) is 0 Å². The van der Waals surface area contributed by atoms with Crippen LogP contribution in [0.1, 0.15) is 38.4 Å². The van der Waals surface area contributed by atoms with Crippen LogP contribution in [0, 0.1) is 11.8 Å². The van der Waals surface area contributed by atoms with Crippen LogP contribution in [0.5, 0.6) is 0 Å². The Morgan fingerprint density at radius 3 is 2.92 bits per heavy atom. The van der Waals surface area contributed by atoms with Crippen molar-refractivity contribution in [2.75, 3.05) is 20.3 Å². The lowest BCUT2D eigenvalue weighted by Crippen LogP contribution is -2.49. The van der Waals surface area contributed by atoms with Gasteiger partial charge in [0, 0.05) is 32.2 Å². The van der Waals surface area contributed by atoms with Crippen LogP contribution in [0.2, 0.25) is 0 Å². The van der Waals surface area contributed by atoms with E-state index < -0.39 is 0 Å². The molecule has 4 unspecified atom stereocenters. The second-order valence-corrected chi connectivity index (χ2v) is 6.99. The molecule has 136 valence electrons. The van der Waals surface area contributed by atoms with Crippen LogP contribution in [-0.2, 0) is 11.2 Å². The number of rotatable bonds is 7. The molecule has 6 heteroatoms. The van der Waals surface area contributed by atoms with E-state index >= 15 is 0 Å². The van der Waals surface area contributed by atoms with Crippen LogP contribution in [0.3, 0.4) is 0 Å². The normalized spacial score (nSPS) is 26.9. The maximum absolute atomic E-state index is 5.38. The molecule has 0 radical (unpaired) electrons. The van der Waals surface area contributed by atoms with Crippen molar-refractivity contribution in [2.45, 2.75) is 51.1 Å². The number of guanidine groups is 1. The highest BCUT2D eigenvalue weighted by molar-refractivity contribution is 14.0. The molecule has 0 amide bonds. The summed E-state index contributed by atoms with van der Waals surface area (Å²) < 4.78 is 10.6. The van der Waals surface area contributed by atoms with Gasteiger partial charge in [-0.1, -0.05) is 6.42 Å². The van der Waals surface area contributed by atoms with Crippen molar-refractivity contribution in [3.05, 3.63) is 24.2 Å². The summed E-state index contributed by atoms with van der Waals surface area (Å²) in [5, 5.41) is 7.14. The second kappa shape index (κ2) is 9.65. The summed E-state index contributed by atoms with van der Waals surface area (Å²) in [6, 6.07) is 4.75.